The molecule has 1 unspecified atom stereocenters. The van der Waals surface area contributed by atoms with Gasteiger partial charge in [0.25, 0.3) is 0 Å². The third kappa shape index (κ3) is 3.93. The molecule has 0 bridgehead atoms. The van der Waals surface area contributed by atoms with Gasteiger partial charge in [-0.25, -0.2) is 4.98 Å². The van der Waals surface area contributed by atoms with Crippen LogP contribution >= 0.6 is 22.9 Å². The van der Waals surface area contributed by atoms with Crippen molar-refractivity contribution in [3.63, 3.8) is 0 Å². The van der Waals surface area contributed by atoms with E-state index in [1.807, 2.05) is 38.1 Å². The molecular weight excluding hydrogens is 390 g/mol. The average Bonchev–Trinajstić information content (AvgIpc) is 3.15. The number of carbonyl (C=O) groups is 1. The van der Waals surface area contributed by atoms with Crippen LogP contribution in [0, 0.1) is 6.92 Å². The number of nitrogens with zero attached hydrogens (tertiary/aromatic N) is 2. The van der Waals surface area contributed by atoms with Gasteiger partial charge in [-0.15, -0.1) is 11.3 Å². The lowest BCUT2D eigenvalue weighted by atomic mass is 9.96. The van der Waals surface area contributed by atoms with Gasteiger partial charge in [0, 0.05) is 16.6 Å². The predicted octanol–water partition coefficient (Wildman–Crippen LogP) is 5.46. The number of amides is 1. The minimum atomic E-state index is -0.172. The van der Waals surface area contributed by atoms with E-state index in [0.29, 0.717) is 10.9 Å². The number of nitrogens with one attached hydrogen (secondary N) is 1. The second kappa shape index (κ2) is 8.19. The van der Waals surface area contributed by atoms with Crippen LogP contribution in [0.2, 0.25) is 5.02 Å². The molecule has 1 amide bonds. The van der Waals surface area contributed by atoms with Gasteiger partial charge < -0.3 is 5.32 Å². The summed E-state index contributed by atoms with van der Waals surface area (Å²) in [5.74, 6) is 0.503. The lowest BCUT2D eigenvalue weighted by Crippen LogP contribution is -2.45. The van der Waals surface area contributed by atoms with E-state index in [9.17, 15) is 4.79 Å². The molecule has 4 nitrogen and oxygen atoms in total. The molecule has 1 aliphatic rings. The average molecular weight is 414 g/mol. The highest BCUT2D eigenvalue weighted by atomic mass is 35.5. The molecule has 1 aliphatic heterocycles. The van der Waals surface area contributed by atoms with Crippen molar-refractivity contribution in [3.05, 3.63) is 58.1 Å². The van der Waals surface area contributed by atoms with Crippen LogP contribution in [0.5, 0.6) is 0 Å². The minimum absolute atomic E-state index is 0.0174. The summed E-state index contributed by atoms with van der Waals surface area (Å²) >= 11 is 7.97. The molecule has 1 N–H and O–H groups in total. The maximum atomic E-state index is 12.7. The smallest absolute Gasteiger partial charge is 0.241 e. The van der Waals surface area contributed by atoms with Crippen molar-refractivity contribution in [1.29, 1.82) is 0 Å². The molecule has 0 radical (unpaired) electrons. The van der Waals surface area contributed by atoms with E-state index in [1.165, 1.54) is 9.71 Å². The number of hydrogen-bond acceptors (Lipinski definition) is 4. The highest BCUT2D eigenvalue weighted by Crippen LogP contribution is 2.34. The Bertz CT molecular complexity index is 961. The number of aromatic nitrogens is 1. The molecule has 28 heavy (non-hydrogen) atoms. The number of para-hydroxylation sites is 1. The fraction of sp³-hybridized carbons (Fsp3) is 0.364. The van der Waals surface area contributed by atoms with E-state index >= 15 is 0 Å². The van der Waals surface area contributed by atoms with E-state index in [2.05, 4.69) is 28.4 Å². The Morgan fingerprint density at radius 2 is 1.96 bits per heavy atom. The quantitative estimate of drug-likeness (QED) is 0.617. The fourth-order valence-corrected chi connectivity index (χ4v) is 5.06. The first kappa shape index (κ1) is 19.4. The first-order chi connectivity index (χ1) is 13.5. The highest BCUT2D eigenvalue weighted by Gasteiger charge is 2.29. The van der Waals surface area contributed by atoms with Crippen LogP contribution in [0.15, 0.2) is 42.5 Å². The summed E-state index contributed by atoms with van der Waals surface area (Å²) in [6.07, 6.45) is 2.07. The van der Waals surface area contributed by atoms with Crippen LogP contribution in [0.4, 0.5) is 5.69 Å². The standard InChI is InChI=1S/C22H24ClN3OS/c1-14-17(23)6-5-8-18(14)24-21(27)15(2)26-12-10-16(11-13-26)22-25-19-7-3-4-9-20(19)28-22/h3-9,15-16H,10-13H2,1-2H3,(H,24,27). The van der Waals surface area contributed by atoms with Gasteiger partial charge >= 0.3 is 0 Å². The summed E-state index contributed by atoms with van der Waals surface area (Å²) in [4.78, 5) is 19.8. The summed E-state index contributed by atoms with van der Waals surface area (Å²) in [6.45, 7) is 5.72. The van der Waals surface area contributed by atoms with E-state index in [4.69, 9.17) is 16.6 Å². The molecule has 3 aromatic rings. The number of benzene rings is 2. The number of likely N-dealkylation sites (tertiary alicyclic amines) is 1. The number of carbonyl (C=O) groups excluding carboxylic acids is 1. The number of halogens is 1. The Morgan fingerprint density at radius 1 is 1.21 bits per heavy atom. The van der Waals surface area contributed by atoms with Gasteiger partial charge in [0.05, 0.1) is 21.3 Å². The first-order valence-corrected chi connectivity index (χ1v) is 10.9. The molecule has 0 spiro atoms. The Labute approximate surface area is 174 Å². The van der Waals surface area contributed by atoms with Crippen LogP contribution in [-0.4, -0.2) is 34.9 Å². The lowest BCUT2D eigenvalue weighted by molar-refractivity contribution is -0.121. The largest absolute Gasteiger partial charge is 0.324 e. The maximum absolute atomic E-state index is 12.7. The van der Waals surface area contributed by atoms with Gasteiger partial charge in [0.2, 0.25) is 5.91 Å². The fourth-order valence-electron chi connectivity index (χ4n) is 3.74. The second-order valence-electron chi connectivity index (χ2n) is 7.41. The van der Waals surface area contributed by atoms with Gasteiger partial charge in [-0.1, -0.05) is 29.8 Å². The summed E-state index contributed by atoms with van der Waals surface area (Å²) in [5.41, 5.74) is 2.78. The third-order valence-electron chi connectivity index (χ3n) is 5.64. The monoisotopic (exact) mass is 413 g/mol. The molecule has 6 heteroatoms. The van der Waals surface area contributed by atoms with Gasteiger partial charge in [0.1, 0.15) is 0 Å². The van der Waals surface area contributed by atoms with Crippen LogP contribution < -0.4 is 5.32 Å². The topological polar surface area (TPSA) is 45.2 Å². The van der Waals surface area contributed by atoms with E-state index in [-0.39, 0.29) is 11.9 Å². The molecule has 146 valence electrons. The molecule has 2 aromatic carbocycles. The zero-order valence-electron chi connectivity index (χ0n) is 16.1. The molecule has 4 rings (SSSR count). The summed E-state index contributed by atoms with van der Waals surface area (Å²) in [5, 5.41) is 4.93. The van der Waals surface area contributed by atoms with E-state index in [1.54, 1.807) is 11.3 Å². The van der Waals surface area contributed by atoms with Crippen molar-refractivity contribution in [2.75, 3.05) is 18.4 Å². The second-order valence-corrected chi connectivity index (χ2v) is 8.88. The molecule has 2 heterocycles. The molecular formula is C22H24ClN3OS. The molecule has 0 saturated carbocycles. The molecule has 0 aliphatic carbocycles. The number of piperidine rings is 1. The number of anilines is 1. The molecule has 1 aromatic heterocycles. The highest BCUT2D eigenvalue weighted by molar-refractivity contribution is 7.18. The number of fused-ring (bicyclic) bond motifs is 1. The number of thiazole rings is 1. The van der Waals surface area contributed by atoms with Crippen LogP contribution in [-0.2, 0) is 4.79 Å². The van der Waals surface area contributed by atoms with Crippen molar-refractivity contribution in [2.45, 2.75) is 38.6 Å². The van der Waals surface area contributed by atoms with Gasteiger partial charge in [-0.05, 0) is 69.6 Å². The van der Waals surface area contributed by atoms with Crippen molar-refractivity contribution in [1.82, 2.24) is 9.88 Å². The van der Waals surface area contributed by atoms with Gasteiger partial charge in [-0.3, -0.25) is 9.69 Å². The summed E-state index contributed by atoms with van der Waals surface area (Å²) in [6, 6.07) is 13.7. The lowest BCUT2D eigenvalue weighted by Gasteiger charge is -2.34. The molecule has 1 fully saturated rings. The van der Waals surface area contributed by atoms with Crippen LogP contribution in [0.3, 0.4) is 0 Å². The number of hydrogen-bond donors (Lipinski definition) is 1. The Morgan fingerprint density at radius 3 is 2.71 bits per heavy atom. The Balaban J connectivity index is 1.37. The molecule has 1 saturated heterocycles. The number of rotatable bonds is 4. The Hall–Kier alpha value is -1.95. The summed E-state index contributed by atoms with van der Waals surface area (Å²) in [7, 11) is 0. The van der Waals surface area contributed by atoms with Crippen molar-refractivity contribution >= 4 is 44.7 Å². The molecule has 1 atom stereocenters. The van der Waals surface area contributed by atoms with Gasteiger partial charge in [-0.2, -0.15) is 0 Å². The zero-order valence-corrected chi connectivity index (χ0v) is 17.7. The van der Waals surface area contributed by atoms with Crippen LogP contribution in [0.1, 0.15) is 36.3 Å². The maximum Gasteiger partial charge on any atom is 0.241 e. The zero-order chi connectivity index (χ0) is 19.7. The minimum Gasteiger partial charge on any atom is -0.324 e. The van der Waals surface area contributed by atoms with Gasteiger partial charge in [0.15, 0.2) is 0 Å². The van der Waals surface area contributed by atoms with Crippen molar-refractivity contribution in [3.8, 4) is 0 Å². The van der Waals surface area contributed by atoms with Crippen molar-refractivity contribution < 1.29 is 4.79 Å². The Kier molecular flexibility index (Phi) is 5.67. The van der Waals surface area contributed by atoms with Crippen molar-refractivity contribution in [2.24, 2.45) is 0 Å². The third-order valence-corrected chi connectivity index (χ3v) is 7.25. The summed E-state index contributed by atoms with van der Waals surface area (Å²) < 4.78 is 1.25. The SMILES string of the molecule is Cc1c(Cl)cccc1NC(=O)C(C)N1CCC(c2nc3ccccc3s2)CC1. The predicted molar refractivity (Wildman–Crippen MR) is 117 cm³/mol. The van der Waals surface area contributed by atoms with E-state index in [0.717, 1.165) is 42.7 Å². The first-order valence-electron chi connectivity index (χ1n) is 9.68. The van der Waals surface area contributed by atoms with E-state index < -0.39 is 0 Å². The van der Waals surface area contributed by atoms with Crippen LogP contribution in [0.25, 0.3) is 10.2 Å². The normalized spacial score (nSPS) is 17.0.